The predicted molar refractivity (Wildman–Crippen MR) is 51.4 cm³/mol. The molecule has 1 amide bonds. The van der Waals surface area contributed by atoms with E-state index in [9.17, 15) is 4.79 Å². The Morgan fingerprint density at radius 1 is 1.40 bits per heavy atom. The molecule has 0 aliphatic carbocycles. The van der Waals surface area contributed by atoms with Crippen molar-refractivity contribution in [1.82, 2.24) is 10.1 Å². The number of benzene rings is 1. The van der Waals surface area contributed by atoms with Crippen molar-refractivity contribution in [3.05, 3.63) is 30.6 Å². The minimum Gasteiger partial charge on any atom is -0.465 e. The van der Waals surface area contributed by atoms with Gasteiger partial charge in [-0.3, -0.25) is 5.32 Å². The predicted octanol–water partition coefficient (Wildman–Crippen LogP) is 1.83. The molecular weight excluding hydrogens is 198 g/mol. The number of nitrogens with zero attached hydrogens (tertiary/aromatic N) is 2. The van der Waals surface area contributed by atoms with E-state index in [4.69, 9.17) is 9.63 Å². The number of nitrogens with one attached hydrogen (secondary N) is 1. The van der Waals surface area contributed by atoms with Gasteiger partial charge in [-0.25, -0.2) is 4.79 Å². The summed E-state index contributed by atoms with van der Waals surface area (Å²) in [4.78, 5) is 14.4. The minimum atomic E-state index is -1.14. The largest absolute Gasteiger partial charge is 0.465 e. The van der Waals surface area contributed by atoms with E-state index in [0.29, 0.717) is 11.3 Å². The van der Waals surface area contributed by atoms with Gasteiger partial charge in [-0.1, -0.05) is 17.3 Å². The van der Waals surface area contributed by atoms with Crippen LogP contribution in [0.3, 0.4) is 0 Å². The molecule has 0 saturated heterocycles. The summed E-state index contributed by atoms with van der Waals surface area (Å²) in [5, 5.41) is 14.3. The van der Waals surface area contributed by atoms with Crippen LogP contribution in [0.15, 0.2) is 35.1 Å². The van der Waals surface area contributed by atoms with Crippen LogP contribution in [-0.4, -0.2) is 21.3 Å². The van der Waals surface area contributed by atoms with Crippen molar-refractivity contribution in [2.45, 2.75) is 0 Å². The lowest BCUT2D eigenvalue weighted by atomic mass is 10.2. The van der Waals surface area contributed by atoms with Crippen molar-refractivity contribution in [2.24, 2.45) is 0 Å². The van der Waals surface area contributed by atoms with Gasteiger partial charge in [0.2, 0.25) is 0 Å². The van der Waals surface area contributed by atoms with Crippen LogP contribution in [0, 0.1) is 0 Å². The van der Waals surface area contributed by atoms with Crippen LogP contribution in [0.5, 0.6) is 0 Å². The molecule has 0 radical (unpaired) electrons. The molecule has 1 aromatic carbocycles. The molecule has 2 N–H and O–H groups in total. The molecule has 0 saturated carbocycles. The van der Waals surface area contributed by atoms with Crippen molar-refractivity contribution < 1.29 is 14.4 Å². The Balaban J connectivity index is 2.42. The van der Waals surface area contributed by atoms with Crippen LogP contribution in [-0.2, 0) is 0 Å². The quantitative estimate of drug-likeness (QED) is 0.780. The van der Waals surface area contributed by atoms with Gasteiger partial charge in [0.25, 0.3) is 5.89 Å². The molecule has 2 rings (SSSR count). The lowest BCUT2D eigenvalue weighted by Gasteiger charge is -2.04. The first-order valence-corrected chi connectivity index (χ1v) is 4.13. The number of anilines is 1. The highest BCUT2D eigenvalue weighted by Gasteiger charge is 2.10. The van der Waals surface area contributed by atoms with Crippen molar-refractivity contribution in [1.29, 1.82) is 0 Å². The van der Waals surface area contributed by atoms with E-state index in [1.807, 2.05) is 0 Å². The molecule has 0 aliphatic rings. The average Bonchev–Trinajstić information content (AvgIpc) is 2.70. The molecule has 2 aromatic rings. The van der Waals surface area contributed by atoms with Crippen LogP contribution in [0.25, 0.3) is 11.5 Å². The zero-order chi connectivity index (χ0) is 10.7. The monoisotopic (exact) mass is 205 g/mol. The third kappa shape index (κ3) is 1.93. The van der Waals surface area contributed by atoms with Crippen LogP contribution >= 0.6 is 0 Å². The first-order valence-electron chi connectivity index (χ1n) is 4.13. The number of para-hydroxylation sites is 1. The Morgan fingerprint density at radius 3 is 2.87 bits per heavy atom. The van der Waals surface area contributed by atoms with E-state index in [-0.39, 0.29) is 5.89 Å². The first-order chi connectivity index (χ1) is 7.27. The Morgan fingerprint density at radius 2 is 2.20 bits per heavy atom. The fraction of sp³-hybridized carbons (Fsp3) is 0. The summed E-state index contributed by atoms with van der Waals surface area (Å²) >= 11 is 0. The maximum Gasteiger partial charge on any atom is 0.409 e. The third-order valence-electron chi connectivity index (χ3n) is 1.76. The summed E-state index contributed by atoms with van der Waals surface area (Å²) in [7, 11) is 0. The molecule has 0 bridgehead atoms. The highest BCUT2D eigenvalue weighted by Crippen LogP contribution is 2.25. The smallest absolute Gasteiger partial charge is 0.409 e. The molecule has 0 unspecified atom stereocenters. The summed E-state index contributed by atoms with van der Waals surface area (Å²) < 4.78 is 4.85. The fourth-order valence-electron chi connectivity index (χ4n) is 1.19. The van der Waals surface area contributed by atoms with Crippen LogP contribution < -0.4 is 5.32 Å². The maximum atomic E-state index is 10.5. The van der Waals surface area contributed by atoms with E-state index in [1.165, 1.54) is 6.33 Å². The standard InChI is InChI=1S/C9H7N3O3/c13-9(14)12-7-4-2-1-3-6(7)8-10-5-11-15-8/h1-5,12H,(H,13,14). The molecule has 0 atom stereocenters. The summed E-state index contributed by atoms with van der Waals surface area (Å²) in [6, 6.07) is 6.78. The number of rotatable bonds is 2. The number of carboxylic acid groups (broad SMARTS) is 1. The van der Waals surface area contributed by atoms with Crippen molar-refractivity contribution in [2.75, 3.05) is 5.32 Å². The third-order valence-corrected chi connectivity index (χ3v) is 1.76. The van der Waals surface area contributed by atoms with Gasteiger partial charge in [0.1, 0.15) is 0 Å². The molecule has 0 aliphatic heterocycles. The van der Waals surface area contributed by atoms with E-state index < -0.39 is 6.09 Å². The molecule has 1 aromatic heterocycles. The lowest BCUT2D eigenvalue weighted by Crippen LogP contribution is -2.08. The molecule has 6 heteroatoms. The van der Waals surface area contributed by atoms with E-state index >= 15 is 0 Å². The van der Waals surface area contributed by atoms with Crippen LogP contribution in [0.4, 0.5) is 10.5 Å². The van der Waals surface area contributed by atoms with Gasteiger partial charge in [-0.2, -0.15) is 4.98 Å². The van der Waals surface area contributed by atoms with Gasteiger partial charge in [-0.15, -0.1) is 0 Å². The number of carbonyl (C=O) groups is 1. The molecule has 0 spiro atoms. The van der Waals surface area contributed by atoms with Gasteiger partial charge < -0.3 is 9.63 Å². The Labute approximate surface area is 84.5 Å². The van der Waals surface area contributed by atoms with Gasteiger partial charge in [0.05, 0.1) is 11.3 Å². The zero-order valence-corrected chi connectivity index (χ0v) is 7.54. The van der Waals surface area contributed by atoms with E-state index in [0.717, 1.165) is 0 Å². The van der Waals surface area contributed by atoms with Gasteiger partial charge in [-0.05, 0) is 12.1 Å². The topological polar surface area (TPSA) is 88.2 Å². The summed E-state index contributed by atoms with van der Waals surface area (Å²) in [5.41, 5.74) is 0.964. The van der Waals surface area contributed by atoms with Crippen molar-refractivity contribution in [3.63, 3.8) is 0 Å². The maximum absolute atomic E-state index is 10.5. The molecule has 1 heterocycles. The van der Waals surface area contributed by atoms with Crippen LogP contribution in [0.2, 0.25) is 0 Å². The Hall–Kier alpha value is -2.37. The highest BCUT2D eigenvalue weighted by molar-refractivity contribution is 5.88. The summed E-state index contributed by atoms with van der Waals surface area (Å²) in [6.07, 6.45) is 0.120. The first kappa shape index (κ1) is 9.20. The molecule has 0 fully saturated rings. The summed E-state index contributed by atoms with van der Waals surface area (Å²) in [6.45, 7) is 0. The Kier molecular flexibility index (Phi) is 2.32. The van der Waals surface area contributed by atoms with Crippen molar-refractivity contribution in [3.8, 4) is 11.5 Å². The van der Waals surface area contributed by atoms with Gasteiger partial charge >= 0.3 is 6.09 Å². The van der Waals surface area contributed by atoms with Crippen molar-refractivity contribution >= 4 is 11.8 Å². The second-order valence-electron chi connectivity index (χ2n) is 2.72. The lowest BCUT2D eigenvalue weighted by molar-refractivity contribution is 0.210. The number of hydrogen-bond acceptors (Lipinski definition) is 4. The van der Waals surface area contributed by atoms with Gasteiger partial charge in [0, 0.05) is 0 Å². The molecule has 6 nitrogen and oxygen atoms in total. The SMILES string of the molecule is O=C(O)Nc1ccccc1-c1ncno1. The minimum absolute atomic E-state index is 0.277. The average molecular weight is 205 g/mol. The molecular formula is C9H7N3O3. The highest BCUT2D eigenvalue weighted by atomic mass is 16.5. The molecule has 15 heavy (non-hydrogen) atoms. The number of amides is 1. The van der Waals surface area contributed by atoms with E-state index in [1.54, 1.807) is 24.3 Å². The Bertz CT molecular complexity index is 467. The summed E-state index contributed by atoms with van der Waals surface area (Å²) in [5.74, 6) is 0.277. The second-order valence-corrected chi connectivity index (χ2v) is 2.72. The van der Waals surface area contributed by atoms with E-state index in [2.05, 4.69) is 15.5 Å². The number of aromatic nitrogens is 2. The second kappa shape index (κ2) is 3.79. The number of hydrogen-bond donors (Lipinski definition) is 2. The fourth-order valence-corrected chi connectivity index (χ4v) is 1.19. The molecule has 76 valence electrons. The normalized spacial score (nSPS) is 9.87. The van der Waals surface area contributed by atoms with Gasteiger partial charge in [0.15, 0.2) is 6.33 Å². The van der Waals surface area contributed by atoms with Crippen LogP contribution in [0.1, 0.15) is 0 Å². The zero-order valence-electron chi connectivity index (χ0n) is 7.54.